The third-order valence-electron chi connectivity index (χ3n) is 6.23. The first-order valence-corrected chi connectivity index (χ1v) is 12.3. The van der Waals surface area contributed by atoms with Crippen LogP contribution in [0.1, 0.15) is 30.7 Å². The molecule has 1 aromatic heterocycles. The first kappa shape index (κ1) is 24.7. The van der Waals surface area contributed by atoms with E-state index in [9.17, 15) is 4.79 Å². The number of nitrogens with zero attached hydrogens (tertiary/aromatic N) is 4. The second-order valence-electron chi connectivity index (χ2n) is 8.83. The summed E-state index contributed by atoms with van der Waals surface area (Å²) in [5, 5.41) is 4.11. The average Bonchev–Trinajstić information content (AvgIpc) is 3.36. The van der Waals surface area contributed by atoms with Crippen molar-refractivity contribution in [2.75, 3.05) is 46.4 Å². The van der Waals surface area contributed by atoms with E-state index in [2.05, 4.69) is 22.0 Å². The normalized spacial score (nSPS) is 14.2. The third-order valence-corrected chi connectivity index (χ3v) is 6.23. The fourth-order valence-electron chi connectivity index (χ4n) is 4.09. The standard InChI is InChI=1S/C27H34N4O4/c1-21-7-9-22(10-8-21)27-28-25(35-29-27)5-3-15-30-16-18-31(19-17-30)26(32)6-4-20-34-24-13-11-23(33-2)12-14-24/h7-14H,3-6,15-20H2,1-2H3. The van der Waals surface area contributed by atoms with Gasteiger partial charge in [0.15, 0.2) is 0 Å². The lowest BCUT2D eigenvalue weighted by molar-refractivity contribution is -0.133. The number of hydrogen-bond acceptors (Lipinski definition) is 7. The molecule has 0 saturated carbocycles. The Labute approximate surface area is 206 Å². The van der Waals surface area contributed by atoms with E-state index in [0.717, 1.165) is 62.6 Å². The Morgan fingerprint density at radius 3 is 2.40 bits per heavy atom. The van der Waals surface area contributed by atoms with Crippen LogP contribution in [-0.2, 0) is 11.2 Å². The van der Waals surface area contributed by atoms with Gasteiger partial charge in [-0.05, 0) is 50.6 Å². The molecular formula is C27H34N4O4. The molecule has 0 aliphatic carbocycles. The molecule has 4 rings (SSSR count). The average molecular weight is 479 g/mol. The van der Waals surface area contributed by atoms with E-state index in [1.54, 1.807) is 7.11 Å². The summed E-state index contributed by atoms with van der Waals surface area (Å²) in [6.07, 6.45) is 2.93. The molecule has 1 aliphatic rings. The van der Waals surface area contributed by atoms with Crippen LogP contribution in [0.5, 0.6) is 11.5 Å². The second kappa shape index (κ2) is 12.4. The SMILES string of the molecule is COc1ccc(OCCCC(=O)N2CCN(CCCc3nc(-c4ccc(C)cc4)no3)CC2)cc1. The zero-order valence-corrected chi connectivity index (χ0v) is 20.6. The lowest BCUT2D eigenvalue weighted by Crippen LogP contribution is -2.48. The highest BCUT2D eigenvalue weighted by Gasteiger charge is 2.20. The minimum atomic E-state index is 0.206. The number of hydrogen-bond donors (Lipinski definition) is 0. The molecule has 1 saturated heterocycles. The molecule has 0 radical (unpaired) electrons. The van der Waals surface area contributed by atoms with Crippen LogP contribution in [-0.4, -0.2) is 72.3 Å². The number of carbonyl (C=O) groups excluding carboxylic acids is 1. The maximum Gasteiger partial charge on any atom is 0.227 e. The molecule has 0 spiro atoms. The molecular weight excluding hydrogens is 444 g/mol. The highest BCUT2D eigenvalue weighted by Crippen LogP contribution is 2.18. The van der Waals surface area contributed by atoms with E-state index in [1.807, 2.05) is 53.4 Å². The Balaban J connectivity index is 1.09. The molecule has 2 aromatic carbocycles. The molecule has 1 fully saturated rings. The van der Waals surface area contributed by atoms with Crippen molar-refractivity contribution in [1.29, 1.82) is 0 Å². The predicted octanol–water partition coefficient (Wildman–Crippen LogP) is 3.99. The van der Waals surface area contributed by atoms with Crippen molar-refractivity contribution in [2.45, 2.75) is 32.6 Å². The summed E-state index contributed by atoms with van der Waals surface area (Å²) >= 11 is 0. The number of aryl methyl sites for hydroxylation is 2. The maximum atomic E-state index is 12.5. The van der Waals surface area contributed by atoms with Gasteiger partial charge in [-0.2, -0.15) is 4.98 Å². The van der Waals surface area contributed by atoms with Crippen molar-refractivity contribution in [3.8, 4) is 22.9 Å². The molecule has 186 valence electrons. The van der Waals surface area contributed by atoms with Crippen molar-refractivity contribution in [3.63, 3.8) is 0 Å². The highest BCUT2D eigenvalue weighted by molar-refractivity contribution is 5.76. The summed E-state index contributed by atoms with van der Waals surface area (Å²) in [7, 11) is 1.64. The van der Waals surface area contributed by atoms with Gasteiger partial charge in [-0.3, -0.25) is 9.69 Å². The Bertz CT molecular complexity index is 1060. The summed E-state index contributed by atoms with van der Waals surface area (Å²) in [4.78, 5) is 21.4. The van der Waals surface area contributed by atoms with Gasteiger partial charge in [0, 0.05) is 44.6 Å². The van der Waals surface area contributed by atoms with Gasteiger partial charge in [0.1, 0.15) is 11.5 Å². The van der Waals surface area contributed by atoms with E-state index in [-0.39, 0.29) is 5.91 Å². The Kier molecular flexibility index (Phi) is 8.73. The van der Waals surface area contributed by atoms with Crippen molar-refractivity contribution < 1.29 is 18.8 Å². The fourth-order valence-corrected chi connectivity index (χ4v) is 4.09. The van der Waals surface area contributed by atoms with Gasteiger partial charge in [0.2, 0.25) is 17.6 Å². The molecule has 1 amide bonds. The number of rotatable bonds is 11. The smallest absolute Gasteiger partial charge is 0.227 e. The molecule has 0 atom stereocenters. The van der Waals surface area contributed by atoms with E-state index < -0.39 is 0 Å². The molecule has 0 bridgehead atoms. The number of piperazine rings is 1. The van der Waals surface area contributed by atoms with Crippen molar-refractivity contribution in [3.05, 3.63) is 60.0 Å². The Morgan fingerprint density at radius 1 is 0.971 bits per heavy atom. The van der Waals surface area contributed by atoms with Gasteiger partial charge in [0.25, 0.3) is 0 Å². The number of amides is 1. The topological polar surface area (TPSA) is 80.9 Å². The second-order valence-corrected chi connectivity index (χ2v) is 8.83. The van der Waals surface area contributed by atoms with Crippen molar-refractivity contribution >= 4 is 5.91 Å². The largest absolute Gasteiger partial charge is 0.497 e. The highest BCUT2D eigenvalue weighted by atomic mass is 16.5. The minimum Gasteiger partial charge on any atom is -0.497 e. The van der Waals surface area contributed by atoms with E-state index in [0.29, 0.717) is 31.2 Å². The molecule has 8 heteroatoms. The minimum absolute atomic E-state index is 0.206. The molecule has 2 heterocycles. The van der Waals surface area contributed by atoms with Gasteiger partial charge in [-0.1, -0.05) is 35.0 Å². The number of benzene rings is 2. The monoisotopic (exact) mass is 478 g/mol. The van der Waals surface area contributed by atoms with Crippen LogP contribution in [0.4, 0.5) is 0 Å². The summed E-state index contributed by atoms with van der Waals surface area (Å²) in [6.45, 7) is 6.88. The Hall–Kier alpha value is -3.39. The fraction of sp³-hybridized carbons (Fsp3) is 0.444. The van der Waals surface area contributed by atoms with Crippen LogP contribution in [0.15, 0.2) is 53.1 Å². The number of ether oxygens (including phenoxy) is 2. The zero-order chi connectivity index (χ0) is 24.5. The van der Waals surface area contributed by atoms with Gasteiger partial charge >= 0.3 is 0 Å². The van der Waals surface area contributed by atoms with Crippen LogP contribution >= 0.6 is 0 Å². The van der Waals surface area contributed by atoms with Gasteiger partial charge < -0.3 is 18.9 Å². The van der Waals surface area contributed by atoms with E-state index in [1.165, 1.54) is 5.56 Å². The number of carbonyl (C=O) groups is 1. The predicted molar refractivity (Wildman–Crippen MR) is 134 cm³/mol. The summed E-state index contributed by atoms with van der Waals surface area (Å²) in [6, 6.07) is 15.6. The van der Waals surface area contributed by atoms with E-state index in [4.69, 9.17) is 14.0 Å². The number of aromatic nitrogens is 2. The summed E-state index contributed by atoms with van der Waals surface area (Å²) in [5.41, 5.74) is 2.18. The van der Waals surface area contributed by atoms with Crippen molar-refractivity contribution in [1.82, 2.24) is 19.9 Å². The third kappa shape index (κ3) is 7.29. The molecule has 0 N–H and O–H groups in total. The lowest BCUT2D eigenvalue weighted by Gasteiger charge is -2.34. The van der Waals surface area contributed by atoms with Gasteiger partial charge in [-0.25, -0.2) is 0 Å². The molecule has 3 aromatic rings. The van der Waals surface area contributed by atoms with Crippen LogP contribution in [0.25, 0.3) is 11.4 Å². The summed E-state index contributed by atoms with van der Waals surface area (Å²) < 4.78 is 16.3. The number of methoxy groups -OCH3 is 1. The van der Waals surface area contributed by atoms with Crippen LogP contribution < -0.4 is 9.47 Å². The van der Waals surface area contributed by atoms with Crippen LogP contribution in [0, 0.1) is 6.92 Å². The first-order valence-electron chi connectivity index (χ1n) is 12.3. The summed E-state index contributed by atoms with van der Waals surface area (Å²) in [5.74, 6) is 3.11. The van der Waals surface area contributed by atoms with Crippen LogP contribution in [0.3, 0.4) is 0 Å². The molecule has 0 unspecified atom stereocenters. The molecule has 8 nitrogen and oxygen atoms in total. The Morgan fingerprint density at radius 2 is 1.69 bits per heavy atom. The van der Waals surface area contributed by atoms with E-state index >= 15 is 0 Å². The quantitative estimate of drug-likeness (QED) is 0.386. The molecule has 35 heavy (non-hydrogen) atoms. The molecule has 1 aliphatic heterocycles. The lowest BCUT2D eigenvalue weighted by atomic mass is 10.1. The van der Waals surface area contributed by atoms with Gasteiger partial charge in [-0.15, -0.1) is 0 Å². The van der Waals surface area contributed by atoms with Gasteiger partial charge in [0.05, 0.1) is 13.7 Å². The zero-order valence-electron chi connectivity index (χ0n) is 20.6. The maximum absolute atomic E-state index is 12.5. The first-order chi connectivity index (χ1) is 17.1. The van der Waals surface area contributed by atoms with Crippen LogP contribution in [0.2, 0.25) is 0 Å². The van der Waals surface area contributed by atoms with Crippen molar-refractivity contribution in [2.24, 2.45) is 0 Å².